The lowest BCUT2D eigenvalue weighted by atomic mass is 9.83. The molecule has 14 heteroatoms. The number of imide groups is 1. The zero-order valence-electron chi connectivity index (χ0n) is 23.1. The summed E-state index contributed by atoms with van der Waals surface area (Å²) < 4.78 is 11.8. The van der Waals surface area contributed by atoms with Gasteiger partial charge >= 0.3 is 4.87 Å². The van der Waals surface area contributed by atoms with Gasteiger partial charge < -0.3 is 19.4 Å². The maximum Gasteiger partial charge on any atom is 0.305 e. The van der Waals surface area contributed by atoms with Gasteiger partial charge in [-0.3, -0.25) is 29.3 Å². The molecule has 3 aliphatic rings. The van der Waals surface area contributed by atoms with Crippen LogP contribution in [0.25, 0.3) is 0 Å². The summed E-state index contributed by atoms with van der Waals surface area (Å²) >= 11 is 2.13. The number of carbonyl (C=O) groups is 3. The number of thiazole rings is 1. The summed E-state index contributed by atoms with van der Waals surface area (Å²) in [5.74, 6) is -1.74. The van der Waals surface area contributed by atoms with Gasteiger partial charge in [-0.1, -0.05) is 29.2 Å². The molecule has 224 valence electrons. The molecule has 2 fully saturated rings. The number of piperidine rings is 1. The van der Waals surface area contributed by atoms with Gasteiger partial charge in [0, 0.05) is 36.0 Å². The number of nitrogens with zero attached hydrogens (tertiary/aromatic N) is 3. The fourth-order valence-electron chi connectivity index (χ4n) is 5.83. The Labute approximate surface area is 254 Å². The summed E-state index contributed by atoms with van der Waals surface area (Å²) in [4.78, 5) is 69.3. The van der Waals surface area contributed by atoms with Crippen LogP contribution in [0.1, 0.15) is 42.5 Å². The van der Waals surface area contributed by atoms with Gasteiger partial charge in [-0.05, 0) is 56.0 Å². The molecule has 0 spiro atoms. The molecule has 3 aromatic rings. The number of amides is 3. The smallest absolute Gasteiger partial charge is 0.305 e. The Balaban J connectivity index is 1.33. The number of non-ortho nitro benzene ring substituents is 1. The number of aromatic nitrogens is 1. The molecule has 12 nitrogen and oxygen atoms in total. The third kappa shape index (κ3) is 5.40. The predicted molar refractivity (Wildman–Crippen MR) is 159 cm³/mol. The number of benzene rings is 2. The lowest BCUT2D eigenvalue weighted by Crippen LogP contribution is -2.38. The predicted octanol–water partition coefficient (Wildman–Crippen LogP) is 3.93. The Kier molecular flexibility index (Phi) is 7.97. The molecule has 0 aliphatic carbocycles. The zero-order chi connectivity index (χ0) is 30.2. The number of anilines is 1. The van der Waals surface area contributed by atoms with Crippen LogP contribution in [0.5, 0.6) is 11.5 Å². The molecular weight excluding hydrogens is 596 g/mol. The molecule has 3 amide bonds. The number of aromatic amines is 1. The number of thioether (sulfide) groups is 1. The molecule has 1 aromatic heterocycles. The number of H-pyrrole nitrogens is 1. The summed E-state index contributed by atoms with van der Waals surface area (Å²) in [6, 6.07) is 10.5. The van der Waals surface area contributed by atoms with E-state index in [1.165, 1.54) is 24.3 Å². The molecular formula is C29H28N4O8S2. The number of nitro groups is 1. The first-order chi connectivity index (χ1) is 20.8. The quantitative estimate of drug-likeness (QED) is 0.223. The van der Waals surface area contributed by atoms with Gasteiger partial charge in [0.2, 0.25) is 11.8 Å². The molecule has 2 aromatic carbocycles. The number of nitrogens with one attached hydrogen (secondary N) is 1. The molecule has 3 unspecified atom stereocenters. The molecule has 1 N–H and O–H groups in total. The van der Waals surface area contributed by atoms with E-state index in [-0.39, 0.29) is 28.8 Å². The van der Waals surface area contributed by atoms with Gasteiger partial charge in [-0.25, -0.2) is 4.90 Å². The third-order valence-corrected chi connectivity index (χ3v) is 10.2. The first-order valence-electron chi connectivity index (χ1n) is 14.0. The lowest BCUT2D eigenvalue weighted by molar-refractivity contribution is -0.384. The number of likely N-dealkylation sites (tertiary alicyclic amines) is 1. The van der Waals surface area contributed by atoms with Crippen molar-refractivity contribution in [1.82, 2.24) is 9.88 Å². The van der Waals surface area contributed by atoms with Crippen LogP contribution in [0.2, 0.25) is 0 Å². The van der Waals surface area contributed by atoms with Crippen LogP contribution in [-0.4, -0.2) is 64.1 Å². The minimum Gasteiger partial charge on any atom is -0.490 e. The second-order valence-electron chi connectivity index (χ2n) is 10.4. The largest absolute Gasteiger partial charge is 0.490 e. The number of nitro benzene ring substituents is 1. The molecule has 0 saturated carbocycles. The van der Waals surface area contributed by atoms with Gasteiger partial charge in [-0.2, -0.15) is 0 Å². The highest BCUT2D eigenvalue weighted by molar-refractivity contribution is 8.00. The number of carbonyl (C=O) groups excluding carboxylic acids is 3. The monoisotopic (exact) mass is 624 g/mol. The van der Waals surface area contributed by atoms with Gasteiger partial charge in [0.25, 0.3) is 11.6 Å². The summed E-state index contributed by atoms with van der Waals surface area (Å²) in [6.45, 7) is 3.44. The maximum atomic E-state index is 14.0. The summed E-state index contributed by atoms with van der Waals surface area (Å²) in [5.41, 5.74) is 0.732. The van der Waals surface area contributed by atoms with E-state index in [0.29, 0.717) is 46.7 Å². The van der Waals surface area contributed by atoms with Gasteiger partial charge in [0.1, 0.15) is 5.25 Å². The van der Waals surface area contributed by atoms with E-state index in [0.717, 1.165) is 47.3 Å². The normalized spacial score (nSPS) is 21.4. The molecule has 6 rings (SSSR count). The van der Waals surface area contributed by atoms with Crippen molar-refractivity contribution in [2.75, 3.05) is 31.2 Å². The topological polar surface area (TPSA) is 152 Å². The molecule has 3 atom stereocenters. The van der Waals surface area contributed by atoms with E-state index in [1.807, 2.05) is 6.92 Å². The summed E-state index contributed by atoms with van der Waals surface area (Å²) in [5, 5.41) is 10.8. The highest BCUT2D eigenvalue weighted by atomic mass is 32.2. The van der Waals surface area contributed by atoms with E-state index >= 15 is 0 Å². The van der Waals surface area contributed by atoms with Crippen LogP contribution < -0.4 is 19.2 Å². The Morgan fingerprint density at radius 1 is 1.02 bits per heavy atom. The highest BCUT2D eigenvalue weighted by Crippen LogP contribution is 2.53. The Morgan fingerprint density at radius 2 is 1.77 bits per heavy atom. The van der Waals surface area contributed by atoms with Gasteiger partial charge in [-0.15, -0.1) is 0 Å². The van der Waals surface area contributed by atoms with Crippen molar-refractivity contribution in [2.45, 2.75) is 42.4 Å². The van der Waals surface area contributed by atoms with Crippen molar-refractivity contribution >= 4 is 52.2 Å². The molecule has 0 radical (unpaired) electrons. The zero-order valence-corrected chi connectivity index (χ0v) is 24.8. The summed E-state index contributed by atoms with van der Waals surface area (Å²) in [7, 11) is 0. The second kappa shape index (κ2) is 11.8. The minimum atomic E-state index is -0.839. The van der Waals surface area contributed by atoms with E-state index in [9.17, 15) is 29.3 Å². The van der Waals surface area contributed by atoms with E-state index < -0.39 is 33.8 Å². The minimum absolute atomic E-state index is 0.0958. The molecule has 0 bridgehead atoms. The van der Waals surface area contributed by atoms with Crippen LogP contribution >= 0.6 is 23.1 Å². The third-order valence-electron chi connectivity index (χ3n) is 7.83. The van der Waals surface area contributed by atoms with Crippen LogP contribution in [0.15, 0.2) is 52.3 Å². The van der Waals surface area contributed by atoms with Crippen LogP contribution in [0, 0.1) is 16.0 Å². The standard InChI is InChI=1S/C29H28N4O8S2/c1-2-40-20-14-16(6-11-19(20)41-15-21(34)31-12-4-3-5-13-31)22-23-25(42-26-24(22)43-29(37)30-26)28(36)32(27(23)35)17-7-9-18(10-8-17)33(38)39/h6-11,14,22-23,25H,2-5,12-13,15H2,1H3,(H,30,37). The second-order valence-corrected chi connectivity index (χ2v) is 12.6. The molecule has 2 saturated heterocycles. The fourth-order valence-corrected chi connectivity index (χ4v) is 8.35. The number of rotatable bonds is 8. The maximum absolute atomic E-state index is 14.0. The lowest BCUT2D eigenvalue weighted by Gasteiger charge is -2.30. The van der Waals surface area contributed by atoms with Crippen molar-refractivity contribution < 1.29 is 28.8 Å². The van der Waals surface area contributed by atoms with Crippen LogP contribution in [0.3, 0.4) is 0 Å². The number of ether oxygens (including phenoxy) is 2. The van der Waals surface area contributed by atoms with Crippen molar-refractivity contribution in [1.29, 1.82) is 0 Å². The fraction of sp³-hybridized carbons (Fsp3) is 0.379. The highest BCUT2D eigenvalue weighted by Gasteiger charge is 2.56. The summed E-state index contributed by atoms with van der Waals surface area (Å²) in [6.07, 6.45) is 3.06. The van der Waals surface area contributed by atoms with E-state index in [2.05, 4.69) is 4.98 Å². The average Bonchev–Trinajstić information content (AvgIpc) is 3.50. The molecule has 3 aliphatic heterocycles. The first-order valence-corrected chi connectivity index (χ1v) is 15.7. The number of fused-ring (bicyclic) bond motifs is 2. The Morgan fingerprint density at radius 3 is 2.47 bits per heavy atom. The van der Waals surface area contributed by atoms with Crippen molar-refractivity contribution in [2.24, 2.45) is 5.92 Å². The Hall–Kier alpha value is -4.17. The Bertz CT molecular complexity index is 1650. The van der Waals surface area contributed by atoms with Crippen molar-refractivity contribution in [3.8, 4) is 11.5 Å². The van der Waals surface area contributed by atoms with Crippen molar-refractivity contribution in [3.05, 3.63) is 72.7 Å². The van der Waals surface area contributed by atoms with Gasteiger partial charge in [0.15, 0.2) is 18.1 Å². The first kappa shape index (κ1) is 28.9. The van der Waals surface area contributed by atoms with Crippen LogP contribution in [0.4, 0.5) is 11.4 Å². The number of hydrogen-bond donors (Lipinski definition) is 1. The van der Waals surface area contributed by atoms with Gasteiger partial charge in [0.05, 0.1) is 28.2 Å². The van der Waals surface area contributed by atoms with E-state index in [1.54, 1.807) is 23.1 Å². The number of hydrogen-bond acceptors (Lipinski definition) is 10. The average molecular weight is 625 g/mol. The SMILES string of the molecule is CCOc1cc(C2c3sc(=O)[nH]c3SC3C(=O)N(c4ccc([N+](=O)[O-])cc4)C(=O)C32)ccc1OCC(=O)N1CCCCC1. The molecule has 4 heterocycles. The van der Waals surface area contributed by atoms with Crippen molar-refractivity contribution in [3.63, 3.8) is 0 Å². The molecule has 43 heavy (non-hydrogen) atoms. The van der Waals surface area contributed by atoms with Crippen LogP contribution in [-0.2, 0) is 14.4 Å². The van der Waals surface area contributed by atoms with E-state index in [4.69, 9.17) is 9.47 Å².